The van der Waals surface area contributed by atoms with E-state index in [1.807, 2.05) is 6.07 Å². The molecule has 2 rings (SSSR count). The molecule has 0 radical (unpaired) electrons. The molecule has 8 heteroatoms. The van der Waals surface area contributed by atoms with Crippen LogP contribution in [0.3, 0.4) is 0 Å². The molecule has 7 nitrogen and oxygen atoms in total. The Balaban J connectivity index is 1.96. The van der Waals surface area contributed by atoms with Crippen molar-refractivity contribution in [2.24, 2.45) is 5.10 Å². The number of hydrogen-bond donors (Lipinski definition) is 1. The zero-order valence-corrected chi connectivity index (χ0v) is 15.1. The van der Waals surface area contributed by atoms with Gasteiger partial charge in [0.25, 0.3) is 5.91 Å². The summed E-state index contributed by atoms with van der Waals surface area (Å²) in [5, 5.41) is 12.9. The lowest BCUT2D eigenvalue weighted by Crippen LogP contribution is -2.25. The lowest BCUT2D eigenvalue weighted by atomic mass is 10.1. The Bertz CT molecular complexity index is 974. The third-order valence-electron chi connectivity index (χ3n) is 3.41. The van der Waals surface area contributed by atoms with Gasteiger partial charge in [-0.25, -0.2) is 13.8 Å². The predicted molar refractivity (Wildman–Crippen MR) is 96.6 cm³/mol. The molecule has 0 saturated carbocycles. The molecule has 26 heavy (non-hydrogen) atoms. The lowest BCUT2D eigenvalue weighted by molar-refractivity contribution is -0.123. The Hall–Kier alpha value is -3.18. The smallest absolute Gasteiger partial charge is 0.277 e. The molecule has 0 heterocycles. The minimum absolute atomic E-state index is 0.211. The molecular weight excluding hydrogens is 354 g/mol. The van der Waals surface area contributed by atoms with Gasteiger partial charge in [0.15, 0.2) is 16.4 Å². The van der Waals surface area contributed by atoms with Crippen molar-refractivity contribution in [1.82, 2.24) is 5.43 Å². The van der Waals surface area contributed by atoms with E-state index in [1.54, 1.807) is 43.3 Å². The van der Waals surface area contributed by atoms with Crippen LogP contribution in [0.15, 0.2) is 58.5 Å². The average Bonchev–Trinajstić information content (AvgIpc) is 2.64. The van der Waals surface area contributed by atoms with Crippen LogP contribution in [0, 0.1) is 11.3 Å². The SMILES string of the molecule is C/C(=N\NC(=O)COc1ccccc1C#N)c1ccc(S(C)(=O)=O)cc1. The van der Waals surface area contributed by atoms with Crippen LogP contribution in [0.5, 0.6) is 5.75 Å². The second-order valence-corrected chi connectivity index (χ2v) is 7.44. The molecule has 0 aliphatic heterocycles. The topological polar surface area (TPSA) is 109 Å². The van der Waals surface area contributed by atoms with Crippen LogP contribution in [0.4, 0.5) is 0 Å². The van der Waals surface area contributed by atoms with Gasteiger partial charge in [0.1, 0.15) is 11.8 Å². The molecule has 0 fully saturated rings. The van der Waals surface area contributed by atoms with Crippen LogP contribution in [-0.2, 0) is 14.6 Å². The van der Waals surface area contributed by atoms with Crippen molar-refractivity contribution in [2.45, 2.75) is 11.8 Å². The molecule has 2 aromatic rings. The van der Waals surface area contributed by atoms with E-state index >= 15 is 0 Å². The van der Waals surface area contributed by atoms with Crippen molar-refractivity contribution in [1.29, 1.82) is 5.26 Å². The Morgan fingerprint density at radius 2 is 1.85 bits per heavy atom. The van der Waals surface area contributed by atoms with Gasteiger partial charge in [-0.15, -0.1) is 0 Å². The molecular formula is C18H17N3O4S. The maximum absolute atomic E-state index is 11.8. The summed E-state index contributed by atoms with van der Waals surface area (Å²) < 4.78 is 28.2. The highest BCUT2D eigenvalue weighted by atomic mass is 32.2. The molecule has 1 N–H and O–H groups in total. The van der Waals surface area contributed by atoms with Crippen molar-refractivity contribution >= 4 is 21.5 Å². The number of amides is 1. The van der Waals surface area contributed by atoms with Gasteiger partial charge in [-0.1, -0.05) is 24.3 Å². The molecule has 0 saturated heterocycles. The highest BCUT2D eigenvalue weighted by molar-refractivity contribution is 7.90. The molecule has 0 aromatic heterocycles. The molecule has 0 bridgehead atoms. The molecule has 0 aliphatic carbocycles. The Morgan fingerprint density at radius 3 is 2.46 bits per heavy atom. The largest absolute Gasteiger partial charge is 0.482 e. The minimum atomic E-state index is -3.26. The molecule has 2 aromatic carbocycles. The van der Waals surface area contributed by atoms with E-state index in [1.165, 1.54) is 12.1 Å². The van der Waals surface area contributed by atoms with Crippen LogP contribution < -0.4 is 10.2 Å². The van der Waals surface area contributed by atoms with E-state index in [4.69, 9.17) is 10.00 Å². The highest BCUT2D eigenvalue weighted by Gasteiger charge is 2.08. The fraction of sp³-hybridized carbons (Fsp3) is 0.167. The van der Waals surface area contributed by atoms with Gasteiger partial charge in [0.05, 0.1) is 16.2 Å². The lowest BCUT2D eigenvalue weighted by Gasteiger charge is -2.07. The van der Waals surface area contributed by atoms with E-state index in [0.717, 1.165) is 6.26 Å². The normalized spacial score (nSPS) is 11.5. The summed E-state index contributed by atoms with van der Waals surface area (Å²) in [5.41, 5.74) is 3.88. The number of nitriles is 1. The Kier molecular flexibility index (Phi) is 6.09. The maximum Gasteiger partial charge on any atom is 0.277 e. The number of para-hydroxylation sites is 1. The van der Waals surface area contributed by atoms with E-state index < -0.39 is 15.7 Å². The Morgan fingerprint density at radius 1 is 1.19 bits per heavy atom. The van der Waals surface area contributed by atoms with Gasteiger partial charge in [-0.2, -0.15) is 10.4 Å². The second kappa shape index (κ2) is 8.27. The minimum Gasteiger partial charge on any atom is -0.482 e. The second-order valence-electron chi connectivity index (χ2n) is 5.43. The highest BCUT2D eigenvalue weighted by Crippen LogP contribution is 2.16. The number of sulfone groups is 1. The van der Waals surface area contributed by atoms with Crippen molar-refractivity contribution < 1.29 is 17.9 Å². The third kappa shape index (κ3) is 5.16. The molecule has 134 valence electrons. The number of nitrogens with zero attached hydrogens (tertiary/aromatic N) is 2. The van der Waals surface area contributed by atoms with Crippen LogP contribution in [0.25, 0.3) is 0 Å². The van der Waals surface area contributed by atoms with E-state index in [2.05, 4.69) is 10.5 Å². The van der Waals surface area contributed by atoms with E-state index in [-0.39, 0.29) is 11.5 Å². The number of hydrazone groups is 1. The summed E-state index contributed by atoms with van der Waals surface area (Å²) in [6.07, 6.45) is 1.13. The van der Waals surface area contributed by atoms with Crippen molar-refractivity contribution in [3.63, 3.8) is 0 Å². The van der Waals surface area contributed by atoms with E-state index in [0.29, 0.717) is 22.6 Å². The predicted octanol–water partition coefficient (Wildman–Crippen LogP) is 1.88. The summed E-state index contributed by atoms with van der Waals surface area (Å²) in [7, 11) is -3.26. The van der Waals surface area contributed by atoms with Crippen molar-refractivity contribution in [2.75, 3.05) is 12.9 Å². The number of carbonyl (C=O) groups is 1. The standard InChI is InChI=1S/C18H17N3O4S/c1-13(14-7-9-16(10-8-14)26(2,23)24)20-21-18(22)12-25-17-6-4-3-5-15(17)11-19/h3-10H,12H2,1-2H3,(H,21,22)/b20-13+. The molecule has 0 aliphatic rings. The van der Waals surface area contributed by atoms with Crippen LogP contribution >= 0.6 is 0 Å². The molecule has 0 atom stereocenters. The number of nitrogens with one attached hydrogen (secondary N) is 1. The van der Waals surface area contributed by atoms with Gasteiger partial charge in [0, 0.05) is 6.26 Å². The first-order valence-corrected chi connectivity index (χ1v) is 9.46. The average molecular weight is 371 g/mol. The zero-order valence-electron chi connectivity index (χ0n) is 14.3. The van der Waals surface area contributed by atoms with Crippen LogP contribution in [0.2, 0.25) is 0 Å². The number of hydrogen-bond acceptors (Lipinski definition) is 6. The summed E-state index contributed by atoms with van der Waals surface area (Å²) in [5.74, 6) is -0.160. The first-order chi connectivity index (χ1) is 12.3. The summed E-state index contributed by atoms with van der Waals surface area (Å²) in [6, 6.07) is 14.8. The van der Waals surface area contributed by atoms with E-state index in [9.17, 15) is 13.2 Å². The van der Waals surface area contributed by atoms with Gasteiger partial charge < -0.3 is 4.74 Å². The van der Waals surface area contributed by atoms with Crippen molar-refractivity contribution in [3.8, 4) is 11.8 Å². The Labute approximate surface area is 151 Å². The van der Waals surface area contributed by atoms with Gasteiger partial charge in [0.2, 0.25) is 0 Å². The summed E-state index contributed by atoms with van der Waals surface area (Å²) in [6.45, 7) is 1.39. The number of ether oxygens (including phenoxy) is 1. The van der Waals surface area contributed by atoms with Crippen LogP contribution in [-0.4, -0.2) is 32.9 Å². The summed E-state index contributed by atoms with van der Waals surface area (Å²) in [4.78, 5) is 12.0. The zero-order chi connectivity index (χ0) is 19.2. The van der Waals surface area contributed by atoms with Crippen molar-refractivity contribution in [3.05, 3.63) is 59.7 Å². The fourth-order valence-corrected chi connectivity index (χ4v) is 2.65. The number of benzene rings is 2. The van der Waals surface area contributed by atoms with Gasteiger partial charge >= 0.3 is 0 Å². The monoisotopic (exact) mass is 371 g/mol. The molecule has 0 unspecified atom stereocenters. The molecule has 0 spiro atoms. The first-order valence-electron chi connectivity index (χ1n) is 7.57. The van der Waals surface area contributed by atoms with Gasteiger partial charge in [-0.05, 0) is 36.8 Å². The number of carbonyl (C=O) groups excluding carboxylic acids is 1. The molecule has 1 amide bonds. The number of rotatable bonds is 6. The quantitative estimate of drug-likeness (QED) is 0.616. The fourth-order valence-electron chi connectivity index (χ4n) is 2.01. The summed E-state index contributed by atoms with van der Waals surface area (Å²) >= 11 is 0. The maximum atomic E-state index is 11.8. The third-order valence-corrected chi connectivity index (χ3v) is 4.54. The van der Waals surface area contributed by atoms with Gasteiger partial charge in [-0.3, -0.25) is 4.79 Å². The van der Waals surface area contributed by atoms with Crippen LogP contribution in [0.1, 0.15) is 18.1 Å². The first kappa shape index (κ1) is 19.1.